The first kappa shape index (κ1) is 16.3. The van der Waals surface area contributed by atoms with Gasteiger partial charge in [-0.05, 0) is 61.4 Å². The van der Waals surface area contributed by atoms with Crippen LogP contribution in [0.4, 0.5) is 0 Å². The zero-order valence-electron chi connectivity index (χ0n) is 14.2. The number of aliphatic hydroxyl groups is 1. The fraction of sp³-hybridized carbons (Fsp3) is 0.316. The molecule has 0 aliphatic rings. The fourth-order valence-electron chi connectivity index (χ4n) is 2.60. The summed E-state index contributed by atoms with van der Waals surface area (Å²) in [4.78, 5) is 4.41. The molecule has 1 atom stereocenters. The minimum Gasteiger partial charge on any atom is -0.497 e. The zero-order valence-corrected chi connectivity index (χ0v) is 14.2. The van der Waals surface area contributed by atoms with Crippen LogP contribution in [0.1, 0.15) is 11.1 Å². The fourth-order valence-corrected chi connectivity index (χ4v) is 2.60. The second-order valence-electron chi connectivity index (χ2n) is 5.96. The molecule has 0 aliphatic carbocycles. The summed E-state index contributed by atoms with van der Waals surface area (Å²) in [6.07, 6.45) is 1.14. The molecule has 0 aliphatic heterocycles. The van der Waals surface area contributed by atoms with E-state index in [1.165, 1.54) is 11.1 Å². The van der Waals surface area contributed by atoms with Gasteiger partial charge in [0, 0.05) is 0 Å². The van der Waals surface area contributed by atoms with Crippen molar-refractivity contribution in [3.8, 4) is 11.5 Å². The van der Waals surface area contributed by atoms with E-state index in [1.54, 1.807) is 13.4 Å². The number of imidazole rings is 1. The van der Waals surface area contributed by atoms with Crippen molar-refractivity contribution in [3.05, 3.63) is 53.9 Å². The summed E-state index contributed by atoms with van der Waals surface area (Å²) >= 11 is 0. The minimum absolute atomic E-state index is 0.219. The smallest absolute Gasteiger partial charge is 0.119 e. The molecule has 3 aromatic rings. The van der Waals surface area contributed by atoms with Gasteiger partial charge in [-0.1, -0.05) is 0 Å². The Kier molecular flexibility index (Phi) is 4.71. The second-order valence-corrected chi connectivity index (χ2v) is 5.96. The van der Waals surface area contributed by atoms with Gasteiger partial charge in [-0.25, -0.2) is 4.98 Å². The van der Waals surface area contributed by atoms with Crippen LogP contribution in [0.3, 0.4) is 0 Å². The lowest BCUT2D eigenvalue weighted by atomic mass is 10.1. The lowest BCUT2D eigenvalue weighted by Gasteiger charge is -2.14. The van der Waals surface area contributed by atoms with Gasteiger partial charge in [0.05, 0.1) is 31.0 Å². The Morgan fingerprint density at radius 2 is 1.75 bits per heavy atom. The van der Waals surface area contributed by atoms with Gasteiger partial charge in [-0.2, -0.15) is 0 Å². The number of fused-ring (bicyclic) bond motifs is 1. The number of rotatable bonds is 6. The first-order chi connectivity index (χ1) is 11.6. The lowest BCUT2D eigenvalue weighted by molar-refractivity contribution is 0.0934. The monoisotopic (exact) mass is 326 g/mol. The van der Waals surface area contributed by atoms with E-state index >= 15 is 0 Å². The standard InChI is InChI=1S/C19H22N2O3/c1-13-8-18-19(9-14(13)2)21(12-20-18)10-15(22)11-24-17-6-4-16(23-3)5-7-17/h4-9,12,15,22H,10-11H2,1-3H3/t15-/m0/s1. The average molecular weight is 326 g/mol. The van der Waals surface area contributed by atoms with Gasteiger partial charge in [0.1, 0.15) is 24.2 Å². The van der Waals surface area contributed by atoms with E-state index in [0.29, 0.717) is 12.3 Å². The molecule has 126 valence electrons. The van der Waals surface area contributed by atoms with Crippen molar-refractivity contribution in [2.24, 2.45) is 0 Å². The van der Waals surface area contributed by atoms with Gasteiger partial charge in [-0.3, -0.25) is 0 Å². The van der Waals surface area contributed by atoms with Gasteiger partial charge in [0.15, 0.2) is 0 Å². The van der Waals surface area contributed by atoms with Crippen LogP contribution in [0.2, 0.25) is 0 Å². The minimum atomic E-state index is -0.619. The molecule has 1 N–H and O–H groups in total. The summed E-state index contributed by atoms with van der Waals surface area (Å²) in [5, 5.41) is 10.3. The third kappa shape index (κ3) is 3.51. The normalized spacial score (nSPS) is 12.3. The summed E-state index contributed by atoms with van der Waals surface area (Å²) in [6, 6.07) is 11.5. The van der Waals surface area contributed by atoms with E-state index in [4.69, 9.17) is 9.47 Å². The second kappa shape index (κ2) is 6.93. The van der Waals surface area contributed by atoms with Gasteiger partial charge in [0.2, 0.25) is 0 Å². The van der Waals surface area contributed by atoms with Crippen molar-refractivity contribution in [2.45, 2.75) is 26.5 Å². The highest BCUT2D eigenvalue weighted by atomic mass is 16.5. The first-order valence-corrected chi connectivity index (χ1v) is 7.94. The number of aliphatic hydroxyl groups excluding tert-OH is 1. The van der Waals surface area contributed by atoms with Gasteiger partial charge in [-0.15, -0.1) is 0 Å². The maximum Gasteiger partial charge on any atom is 0.119 e. The maximum absolute atomic E-state index is 10.3. The Morgan fingerprint density at radius 3 is 2.46 bits per heavy atom. The topological polar surface area (TPSA) is 56.5 Å². The molecule has 1 aromatic heterocycles. The van der Waals surface area contributed by atoms with Crippen LogP contribution in [-0.2, 0) is 6.54 Å². The Bertz CT molecular complexity index is 824. The first-order valence-electron chi connectivity index (χ1n) is 7.94. The number of aromatic nitrogens is 2. The number of benzene rings is 2. The number of hydrogen-bond donors (Lipinski definition) is 1. The number of aryl methyl sites for hydroxylation is 2. The molecule has 0 spiro atoms. The predicted molar refractivity (Wildman–Crippen MR) is 93.7 cm³/mol. The molecule has 0 unspecified atom stereocenters. The predicted octanol–water partition coefficient (Wildman–Crippen LogP) is 3.10. The summed E-state index contributed by atoms with van der Waals surface area (Å²) in [7, 11) is 1.62. The number of methoxy groups -OCH3 is 1. The number of nitrogens with zero attached hydrogens (tertiary/aromatic N) is 2. The van der Waals surface area contributed by atoms with Crippen molar-refractivity contribution >= 4 is 11.0 Å². The molecule has 1 heterocycles. The summed E-state index contributed by atoms with van der Waals surface area (Å²) in [5.41, 5.74) is 4.41. The highest BCUT2D eigenvalue weighted by Gasteiger charge is 2.11. The van der Waals surface area contributed by atoms with Crippen molar-refractivity contribution in [1.29, 1.82) is 0 Å². The highest BCUT2D eigenvalue weighted by molar-refractivity contribution is 5.77. The molecular weight excluding hydrogens is 304 g/mol. The van der Waals surface area contributed by atoms with E-state index < -0.39 is 6.10 Å². The van der Waals surface area contributed by atoms with Crippen LogP contribution in [0, 0.1) is 13.8 Å². The Labute approximate surface area is 141 Å². The Morgan fingerprint density at radius 1 is 1.08 bits per heavy atom. The van der Waals surface area contributed by atoms with Crippen LogP contribution in [-0.4, -0.2) is 34.5 Å². The molecule has 0 bridgehead atoms. The number of hydrogen-bond acceptors (Lipinski definition) is 4. The summed E-state index contributed by atoms with van der Waals surface area (Å²) in [6.45, 7) is 4.81. The van der Waals surface area contributed by atoms with Crippen molar-refractivity contribution in [3.63, 3.8) is 0 Å². The maximum atomic E-state index is 10.3. The van der Waals surface area contributed by atoms with E-state index in [-0.39, 0.29) is 6.61 Å². The Hall–Kier alpha value is -2.53. The summed E-state index contributed by atoms with van der Waals surface area (Å²) in [5.74, 6) is 1.48. The molecule has 2 aromatic carbocycles. The van der Waals surface area contributed by atoms with Crippen molar-refractivity contribution < 1.29 is 14.6 Å². The molecule has 0 saturated heterocycles. The van der Waals surface area contributed by atoms with Crippen LogP contribution in [0.15, 0.2) is 42.7 Å². The number of ether oxygens (including phenoxy) is 2. The van der Waals surface area contributed by atoms with E-state index in [1.807, 2.05) is 28.8 Å². The van der Waals surface area contributed by atoms with E-state index in [2.05, 4.69) is 31.0 Å². The van der Waals surface area contributed by atoms with E-state index in [9.17, 15) is 5.11 Å². The molecule has 0 fully saturated rings. The van der Waals surface area contributed by atoms with Crippen LogP contribution in [0.25, 0.3) is 11.0 Å². The molecule has 24 heavy (non-hydrogen) atoms. The summed E-state index contributed by atoms with van der Waals surface area (Å²) < 4.78 is 12.7. The van der Waals surface area contributed by atoms with Crippen molar-refractivity contribution in [2.75, 3.05) is 13.7 Å². The average Bonchev–Trinajstić information content (AvgIpc) is 2.95. The molecule has 5 heteroatoms. The molecule has 0 radical (unpaired) electrons. The quantitative estimate of drug-likeness (QED) is 0.756. The highest BCUT2D eigenvalue weighted by Crippen LogP contribution is 2.19. The third-order valence-electron chi connectivity index (χ3n) is 4.15. The SMILES string of the molecule is COc1ccc(OC[C@@H](O)Cn2cnc3cc(C)c(C)cc32)cc1. The molecule has 0 amide bonds. The lowest BCUT2D eigenvalue weighted by Crippen LogP contribution is -2.23. The molecule has 0 saturated carbocycles. The zero-order chi connectivity index (χ0) is 17.1. The van der Waals surface area contributed by atoms with Gasteiger partial charge >= 0.3 is 0 Å². The van der Waals surface area contributed by atoms with Crippen LogP contribution < -0.4 is 9.47 Å². The third-order valence-corrected chi connectivity index (χ3v) is 4.15. The molecule has 5 nitrogen and oxygen atoms in total. The van der Waals surface area contributed by atoms with Gasteiger partial charge in [0.25, 0.3) is 0 Å². The van der Waals surface area contributed by atoms with Crippen LogP contribution >= 0.6 is 0 Å². The largest absolute Gasteiger partial charge is 0.497 e. The van der Waals surface area contributed by atoms with Crippen molar-refractivity contribution in [1.82, 2.24) is 9.55 Å². The van der Waals surface area contributed by atoms with Crippen LogP contribution in [0.5, 0.6) is 11.5 Å². The molecule has 3 rings (SSSR count). The van der Waals surface area contributed by atoms with E-state index in [0.717, 1.165) is 16.8 Å². The van der Waals surface area contributed by atoms with Gasteiger partial charge < -0.3 is 19.1 Å². The Balaban J connectivity index is 1.64. The molecular formula is C19H22N2O3.